The van der Waals surface area contributed by atoms with E-state index in [1.165, 1.54) is 25.1 Å². The van der Waals surface area contributed by atoms with Gasteiger partial charge in [-0.15, -0.1) is 0 Å². The minimum Gasteiger partial charge on any atom is -0.381 e. The van der Waals surface area contributed by atoms with Crippen molar-refractivity contribution in [3.8, 4) is 0 Å². The van der Waals surface area contributed by atoms with E-state index >= 15 is 0 Å². The van der Waals surface area contributed by atoms with Crippen molar-refractivity contribution in [1.29, 1.82) is 0 Å². The van der Waals surface area contributed by atoms with Crippen molar-refractivity contribution in [1.82, 2.24) is 14.8 Å². The molecule has 6 heteroatoms. The van der Waals surface area contributed by atoms with Gasteiger partial charge in [0.15, 0.2) is 11.6 Å². The molecule has 0 spiro atoms. The number of rotatable bonds is 3. The molecular weight excluding hydrogens is 259 g/mol. The average Bonchev–Trinajstić information content (AvgIpc) is 3.26. The lowest BCUT2D eigenvalue weighted by Crippen LogP contribution is -2.49. The molecule has 20 heavy (non-hydrogen) atoms. The number of pyridine rings is 1. The van der Waals surface area contributed by atoms with Gasteiger partial charge in [0, 0.05) is 38.9 Å². The normalized spacial score (nSPS) is 20.1. The van der Waals surface area contributed by atoms with Crippen LogP contribution in [0.4, 0.5) is 10.2 Å². The lowest BCUT2D eigenvalue weighted by atomic mass is 10.2. The summed E-state index contributed by atoms with van der Waals surface area (Å²) in [5.41, 5.74) is 5.43. The van der Waals surface area contributed by atoms with E-state index in [2.05, 4.69) is 9.88 Å². The summed E-state index contributed by atoms with van der Waals surface area (Å²) in [6.07, 6.45) is 4.04. The quantitative estimate of drug-likeness (QED) is 0.895. The summed E-state index contributed by atoms with van der Waals surface area (Å²) < 4.78 is 13.8. The zero-order valence-corrected chi connectivity index (χ0v) is 11.4. The van der Waals surface area contributed by atoms with Crippen molar-refractivity contribution in [2.24, 2.45) is 5.92 Å². The molecule has 2 heterocycles. The summed E-state index contributed by atoms with van der Waals surface area (Å²) in [7, 11) is 0. The van der Waals surface area contributed by atoms with Crippen LogP contribution in [0.2, 0.25) is 0 Å². The van der Waals surface area contributed by atoms with Gasteiger partial charge in [0.25, 0.3) is 5.91 Å². The Morgan fingerprint density at radius 3 is 2.70 bits per heavy atom. The van der Waals surface area contributed by atoms with E-state index in [0.29, 0.717) is 13.1 Å². The van der Waals surface area contributed by atoms with E-state index in [1.807, 2.05) is 0 Å². The number of carbonyl (C=O) groups is 1. The molecule has 2 fully saturated rings. The SMILES string of the molecule is Nc1nccc(C(=O)N2CCN(CC3CC3)CC2)c1F. The number of aromatic nitrogens is 1. The minimum absolute atomic E-state index is 0.0214. The number of nitrogens with two attached hydrogens (primary N) is 1. The molecule has 5 nitrogen and oxygen atoms in total. The van der Waals surface area contributed by atoms with Crippen LogP contribution in [0.3, 0.4) is 0 Å². The first-order valence-corrected chi connectivity index (χ1v) is 7.07. The molecule has 1 amide bonds. The molecular formula is C14H19FN4O. The van der Waals surface area contributed by atoms with Gasteiger partial charge in [0.2, 0.25) is 0 Å². The van der Waals surface area contributed by atoms with E-state index in [-0.39, 0.29) is 17.3 Å². The zero-order chi connectivity index (χ0) is 14.1. The molecule has 1 saturated heterocycles. The van der Waals surface area contributed by atoms with E-state index in [1.54, 1.807) is 4.90 Å². The molecule has 3 rings (SSSR count). The van der Waals surface area contributed by atoms with Crippen LogP contribution >= 0.6 is 0 Å². The first-order chi connectivity index (χ1) is 9.65. The monoisotopic (exact) mass is 278 g/mol. The van der Waals surface area contributed by atoms with Crippen LogP contribution in [0.25, 0.3) is 0 Å². The van der Waals surface area contributed by atoms with Crippen molar-refractivity contribution < 1.29 is 9.18 Å². The second-order valence-electron chi connectivity index (χ2n) is 5.59. The van der Waals surface area contributed by atoms with Gasteiger partial charge in [0.1, 0.15) is 0 Å². The van der Waals surface area contributed by atoms with Crippen LogP contribution < -0.4 is 5.73 Å². The molecule has 1 aromatic heterocycles. The zero-order valence-electron chi connectivity index (χ0n) is 11.4. The maximum Gasteiger partial charge on any atom is 0.257 e. The van der Waals surface area contributed by atoms with Crippen LogP contribution in [-0.4, -0.2) is 53.4 Å². The smallest absolute Gasteiger partial charge is 0.257 e. The molecule has 0 bridgehead atoms. The molecule has 2 N–H and O–H groups in total. The highest BCUT2D eigenvalue weighted by atomic mass is 19.1. The summed E-state index contributed by atoms with van der Waals surface area (Å²) >= 11 is 0. The Morgan fingerprint density at radius 2 is 2.05 bits per heavy atom. The number of carbonyl (C=O) groups excluding carboxylic acids is 1. The summed E-state index contributed by atoms with van der Waals surface area (Å²) in [6.45, 7) is 4.16. The highest BCUT2D eigenvalue weighted by Crippen LogP contribution is 2.30. The van der Waals surface area contributed by atoms with Crippen LogP contribution in [0, 0.1) is 11.7 Å². The number of nitrogens with zero attached hydrogens (tertiary/aromatic N) is 3. The Bertz CT molecular complexity index is 510. The summed E-state index contributed by atoms with van der Waals surface area (Å²) in [5, 5.41) is 0. The molecule has 1 aliphatic carbocycles. The fourth-order valence-electron chi connectivity index (χ4n) is 2.59. The van der Waals surface area contributed by atoms with E-state index in [0.717, 1.165) is 25.6 Å². The third-order valence-electron chi connectivity index (χ3n) is 4.02. The summed E-state index contributed by atoms with van der Waals surface area (Å²) in [5.74, 6) is -0.363. The van der Waals surface area contributed by atoms with Gasteiger partial charge in [0.05, 0.1) is 5.56 Å². The molecule has 0 aromatic carbocycles. The highest BCUT2D eigenvalue weighted by Gasteiger charge is 2.28. The van der Waals surface area contributed by atoms with Crippen LogP contribution in [0.5, 0.6) is 0 Å². The predicted molar refractivity (Wildman–Crippen MR) is 73.7 cm³/mol. The highest BCUT2D eigenvalue weighted by molar-refractivity contribution is 5.95. The summed E-state index contributed by atoms with van der Waals surface area (Å²) in [4.78, 5) is 20.0. The number of halogens is 1. The van der Waals surface area contributed by atoms with Crippen molar-refractivity contribution in [3.63, 3.8) is 0 Å². The molecule has 108 valence electrons. The first-order valence-electron chi connectivity index (χ1n) is 7.07. The number of piperazine rings is 1. The van der Waals surface area contributed by atoms with Gasteiger partial charge < -0.3 is 10.6 Å². The number of hydrogen-bond donors (Lipinski definition) is 1. The van der Waals surface area contributed by atoms with Crippen LogP contribution in [0.15, 0.2) is 12.3 Å². The van der Waals surface area contributed by atoms with Crippen molar-refractivity contribution in [2.45, 2.75) is 12.8 Å². The van der Waals surface area contributed by atoms with Gasteiger partial charge in [-0.1, -0.05) is 0 Å². The number of anilines is 1. The van der Waals surface area contributed by atoms with Crippen molar-refractivity contribution >= 4 is 11.7 Å². The largest absolute Gasteiger partial charge is 0.381 e. The number of hydrogen-bond acceptors (Lipinski definition) is 4. The average molecular weight is 278 g/mol. The van der Waals surface area contributed by atoms with E-state index in [9.17, 15) is 9.18 Å². The Balaban J connectivity index is 1.62. The van der Waals surface area contributed by atoms with Gasteiger partial charge >= 0.3 is 0 Å². The van der Waals surface area contributed by atoms with Gasteiger partial charge in [-0.2, -0.15) is 0 Å². The topological polar surface area (TPSA) is 62.5 Å². The van der Waals surface area contributed by atoms with Gasteiger partial charge in [-0.05, 0) is 24.8 Å². The second-order valence-corrected chi connectivity index (χ2v) is 5.59. The lowest BCUT2D eigenvalue weighted by molar-refractivity contribution is 0.0627. The lowest BCUT2D eigenvalue weighted by Gasteiger charge is -2.34. The Kier molecular flexibility index (Phi) is 3.56. The first kappa shape index (κ1) is 13.3. The number of nitrogen functional groups attached to an aromatic ring is 1. The fraction of sp³-hybridized carbons (Fsp3) is 0.571. The molecule has 2 aliphatic rings. The standard InChI is InChI=1S/C14H19FN4O/c15-12-11(3-4-17-13(12)16)14(20)19-7-5-18(6-8-19)9-10-1-2-10/h3-4,10H,1-2,5-9H2,(H2,16,17). The minimum atomic E-state index is -0.710. The third kappa shape index (κ3) is 2.75. The Labute approximate surface area is 117 Å². The second kappa shape index (κ2) is 5.36. The van der Waals surface area contributed by atoms with E-state index in [4.69, 9.17) is 5.73 Å². The Morgan fingerprint density at radius 1 is 1.35 bits per heavy atom. The van der Waals surface area contributed by atoms with Gasteiger partial charge in [-0.3, -0.25) is 9.69 Å². The van der Waals surface area contributed by atoms with Crippen LogP contribution in [-0.2, 0) is 0 Å². The maximum atomic E-state index is 13.8. The Hall–Kier alpha value is -1.69. The fourth-order valence-corrected chi connectivity index (χ4v) is 2.59. The molecule has 1 saturated carbocycles. The van der Waals surface area contributed by atoms with Crippen LogP contribution in [0.1, 0.15) is 23.2 Å². The van der Waals surface area contributed by atoms with E-state index < -0.39 is 5.82 Å². The van der Waals surface area contributed by atoms with Crippen molar-refractivity contribution in [2.75, 3.05) is 38.5 Å². The van der Waals surface area contributed by atoms with Gasteiger partial charge in [-0.25, -0.2) is 9.37 Å². The predicted octanol–water partition coefficient (Wildman–Crippen LogP) is 0.971. The molecule has 1 aromatic rings. The van der Waals surface area contributed by atoms with Crippen molar-refractivity contribution in [3.05, 3.63) is 23.6 Å². The summed E-state index contributed by atoms with van der Waals surface area (Å²) in [6, 6.07) is 1.39. The number of amides is 1. The molecule has 0 radical (unpaired) electrons. The molecule has 1 aliphatic heterocycles. The molecule has 0 unspecified atom stereocenters. The molecule has 0 atom stereocenters. The third-order valence-corrected chi connectivity index (χ3v) is 4.02. The maximum absolute atomic E-state index is 13.8.